The van der Waals surface area contributed by atoms with Gasteiger partial charge in [-0.2, -0.15) is 0 Å². The zero-order chi connectivity index (χ0) is 14.4. The first kappa shape index (κ1) is 14.1. The first-order chi connectivity index (χ1) is 9.65. The van der Waals surface area contributed by atoms with Crippen molar-refractivity contribution < 1.29 is 14.3 Å². The van der Waals surface area contributed by atoms with Crippen LogP contribution >= 0.6 is 0 Å². The molecule has 0 radical (unpaired) electrons. The quantitative estimate of drug-likeness (QED) is 0.711. The molecule has 4 N–H and O–H groups in total. The van der Waals surface area contributed by atoms with Gasteiger partial charge in [0.05, 0.1) is 13.2 Å². The lowest BCUT2D eigenvalue weighted by Crippen LogP contribution is -2.37. The van der Waals surface area contributed by atoms with Gasteiger partial charge in [-0.25, -0.2) is 4.79 Å². The molecule has 1 aliphatic rings. The number of nitrogens with one attached hydrogen (secondary N) is 2. The number of nitrogen functional groups attached to an aromatic ring is 1. The van der Waals surface area contributed by atoms with Crippen molar-refractivity contribution >= 4 is 17.6 Å². The summed E-state index contributed by atoms with van der Waals surface area (Å²) in [4.78, 5) is 23.4. The molecule has 6 heteroatoms. The van der Waals surface area contributed by atoms with Crippen molar-refractivity contribution in [1.82, 2.24) is 10.6 Å². The molecule has 1 heterocycles. The maximum Gasteiger partial charge on any atom is 0.325 e. The Hall–Kier alpha value is -2.34. The number of urea groups is 1. The van der Waals surface area contributed by atoms with Crippen molar-refractivity contribution in [2.24, 2.45) is 0 Å². The molecule has 106 valence electrons. The molecule has 0 atom stereocenters. The second-order valence-corrected chi connectivity index (χ2v) is 4.46. The average molecular weight is 275 g/mol. The highest BCUT2D eigenvalue weighted by atomic mass is 16.5. The Labute approximate surface area is 117 Å². The van der Waals surface area contributed by atoms with Crippen LogP contribution in [-0.4, -0.2) is 25.2 Å². The Balaban J connectivity index is 1.84. The van der Waals surface area contributed by atoms with E-state index < -0.39 is 11.9 Å². The van der Waals surface area contributed by atoms with Crippen molar-refractivity contribution in [1.29, 1.82) is 0 Å². The molecule has 1 fully saturated rings. The number of rotatable bonds is 2. The lowest BCUT2D eigenvalue weighted by atomic mass is 10.1. The van der Waals surface area contributed by atoms with E-state index in [0.717, 1.165) is 18.4 Å². The van der Waals surface area contributed by atoms with E-state index in [0.29, 0.717) is 24.5 Å². The van der Waals surface area contributed by atoms with Crippen LogP contribution in [0.1, 0.15) is 23.2 Å². The van der Waals surface area contributed by atoms with E-state index in [9.17, 15) is 9.59 Å². The number of benzene rings is 1. The maximum absolute atomic E-state index is 11.8. The van der Waals surface area contributed by atoms with E-state index in [2.05, 4.69) is 10.6 Å². The van der Waals surface area contributed by atoms with Gasteiger partial charge in [-0.3, -0.25) is 10.1 Å². The van der Waals surface area contributed by atoms with Gasteiger partial charge in [-0.15, -0.1) is 0 Å². The summed E-state index contributed by atoms with van der Waals surface area (Å²) in [5.74, 6) is -0.465. The lowest BCUT2D eigenvalue weighted by molar-refractivity contribution is 0.0964. The second-order valence-electron chi connectivity index (χ2n) is 4.46. The number of amides is 3. The first-order valence-electron chi connectivity index (χ1n) is 6.38. The lowest BCUT2D eigenvalue weighted by Gasteiger charge is -2.14. The number of hydrogen-bond acceptors (Lipinski definition) is 4. The molecular weight excluding hydrogens is 258 g/mol. The Morgan fingerprint density at radius 3 is 2.45 bits per heavy atom. The Bertz CT molecular complexity index is 515. The Kier molecular flexibility index (Phi) is 4.73. The van der Waals surface area contributed by atoms with Crippen LogP contribution in [-0.2, 0) is 4.74 Å². The van der Waals surface area contributed by atoms with E-state index in [1.807, 2.05) is 0 Å². The summed E-state index contributed by atoms with van der Waals surface area (Å²) in [6.07, 6.45) is 3.23. The van der Waals surface area contributed by atoms with E-state index in [1.165, 1.54) is 0 Å². The third kappa shape index (κ3) is 4.10. The fourth-order valence-electron chi connectivity index (χ4n) is 1.79. The van der Waals surface area contributed by atoms with Crippen LogP contribution in [0.5, 0.6) is 0 Å². The molecule has 20 heavy (non-hydrogen) atoms. The Morgan fingerprint density at radius 1 is 1.15 bits per heavy atom. The van der Waals surface area contributed by atoms with Crippen LogP contribution in [0.3, 0.4) is 0 Å². The fraction of sp³-hybridized carbons (Fsp3) is 0.286. The van der Waals surface area contributed by atoms with Gasteiger partial charge in [0.25, 0.3) is 5.91 Å². The van der Waals surface area contributed by atoms with E-state index in [1.54, 1.807) is 30.5 Å². The molecule has 0 aliphatic carbocycles. The molecular formula is C14H17N3O3. The summed E-state index contributed by atoms with van der Waals surface area (Å²) in [7, 11) is 0. The fourth-order valence-corrected chi connectivity index (χ4v) is 1.79. The molecule has 1 aromatic rings. The molecule has 2 rings (SSSR count). The molecule has 0 saturated carbocycles. The number of ether oxygens (including phenoxy) is 1. The largest absolute Gasteiger partial charge is 0.399 e. The van der Waals surface area contributed by atoms with Gasteiger partial charge < -0.3 is 15.8 Å². The monoisotopic (exact) mass is 275 g/mol. The second kappa shape index (κ2) is 6.72. The van der Waals surface area contributed by atoms with Crippen molar-refractivity contribution in [3.8, 4) is 0 Å². The molecule has 6 nitrogen and oxygen atoms in total. The minimum Gasteiger partial charge on any atom is -0.399 e. The maximum atomic E-state index is 11.8. The van der Waals surface area contributed by atoms with Crippen LogP contribution in [0, 0.1) is 0 Å². The van der Waals surface area contributed by atoms with Crippen molar-refractivity contribution in [2.45, 2.75) is 12.8 Å². The SMILES string of the molecule is Nc1ccc(C(=O)NC(=O)NC=C2CCOCC2)cc1. The van der Waals surface area contributed by atoms with Crippen LogP contribution in [0.15, 0.2) is 36.0 Å². The first-order valence-corrected chi connectivity index (χ1v) is 6.38. The molecule has 0 spiro atoms. The summed E-state index contributed by atoms with van der Waals surface area (Å²) in [6, 6.07) is 5.79. The number of imide groups is 1. The van der Waals surface area contributed by atoms with Gasteiger partial charge in [0, 0.05) is 17.5 Å². The molecule has 1 aromatic carbocycles. The highest BCUT2D eigenvalue weighted by molar-refractivity contribution is 6.04. The third-order valence-electron chi connectivity index (χ3n) is 2.94. The zero-order valence-corrected chi connectivity index (χ0v) is 11.0. The smallest absolute Gasteiger partial charge is 0.325 e. The number of carbonyl (C=O) groups is 2. The molecule has 3 amide bonds. The van der Waals surface area contributed by atoms with Gasteiger partial charge in [0.2, 0.25) is 0 Å². The summed E-state index contributed by atoms with van der Waals surface area (Å²) in [5, 5.41) is 4.80. The molecule has 1 aliphatic heterocycles. The third-order valence-corrected chi connectivity index (χ3v) is 2.94. The molecule has 1 saturated heterocycles. The minimum atomic E-state index is -0.550. The van der Waals surface area contributed by atoms with Crippen LogP contribution in [0.25, 0.3) is 0 Å². The molecule has 0 bridgehead atoms. The number of nitrogens with two attached hydrogens (primary N) is 1. The number of carbonyl (C=O) groups excluding carboxylic acids is 2. The van der Waals surface area contributed by atoms with Gasteiger partial charge in [0.1, 0.15) is 0 Å². The van der Waals surface area contributed by atoms with E-state index >= 15 is 0 Å². The normalized spacial score (nSPS) is 14.5. The van der Waals surface area contributed by atoms with Crippen LogP contribution in [0.4, 0.5) is 10.5 Å². The van der Waals surface area contributed by atoms with Gasteiger partial charge in [-0.05, 0) is 42.7 Å². The van der Waals surface area contributed by atoms with Crippen LogP contribution in [0.2, 0.25) is 0 Å². The van der Waals surface area contributed by atoms with Crippen molar-refractivity contribution in [2.75, 3.05) is 18.9 Å². The topological polar surface area (TPSA) is 93.5 Å². The standard InChI is InChI=1S/C14H17N3O3/c15-12-3-1-11(2-4-12)13(18)17-14(19)16-9-10-5-7-20-8-6-10/h1-4,9H,5-8,15H2,(H2,16,17,18,19). The summed E-state index contributed by atoms with van der Waals surface area (Å²) in [6.45, 7) is 1.33. The summed E-state index contributed by atoms with van der Waals surface area (Å²) < 4.78 is 5.21. The number of hydrogen-bond donors (Lipinski definition) is 3. The van der Waals surface area contributed by atoms with Gasteiger partial charge in [0.15, 0.2) is 0 Å². The van der Waals surface area contributed by atoms with E-state index in [-0.39, 0.29) is 0 Å². The summed E-state index contributed by atoms with van der Waals surface area (Å²) in [5.41, 5.74) is 7.58. The molecule has 0 aromatic heterocycles. The highest BCUT2D eigenvalue weighted by Crippen LogP contribution is 2.11. The number of anilines is 1. The van der Waals surface area contributed by atoms with E-state index in [4.69, 9.17) is 10.5 Å². The zero-order valence-electron chi connectivity index (χ0n) is 11.0. The predicted octanol–water partition coefficient (Wildman–Crippen LogP) is 1.40. The summed E-state index contributed by atoms with van der Waals surface area (Å²) >= 11 is 0. The van der Waals surface area contributed by atoms with Gasteiger partial charge >= 0.3 is 6.03 Å². The predicted molar refractivity (Wildman–Crippen MR) is 75.0 cm³/mol. The molecule has 0 unspecified atom stereocenters. The minimum absolute atomic E-state index is 0.382. The van der Waals surface area contributed by atoms with Crippen LogP contribution < -0.4 is 16.4 Å². The Morgan fingerprint density at radius 2 is 1.80 bits per heavy atom. The van der Waals surface area contributed by atoms with Gasteiger partial charge in [-0.1, -0.05) is 0 Å². The highest BCUT2D eigenvalue weighted by Gasteiger charge is 2.10. The average Bonchev–Trinajstić information content (AvgIpc) is 2.47. The van der Waals surface area contributed by atoms with Crippen molar-refractivity contribution in [3.05, 3.63) is 41.6 Å². The van der Waals surface area contributed by atoms with Crippen molar-refractivity contribution in [3.63, 3.8) is 0 Å².